The lowest BCUT2D eigenvalue weighted by Gasteiger charge is -2.10. The Morgan fingerprint density at radius 1 is 0.382 bits per heavy atom. The fraction of sp³-hybridized carbons (Fsp3) is 0. The highest BCUT2D eigenvalue weighted by Gasteiger charge is 2.21. The molecule has 34 heavy (non-hydrogen) atoms. The third-order valence-corrected chi connectivity index (χ3v) is 6.86. The molecule has 1 heteroatoms. The van der Waals surface area contributed by atoms with Crippen molar-refractivity contribution in [1.82, 2.24) is 4.98 Å². The number of pyridine rings is 1. The first-order valence-electron chi connectivity index (χ1n) is 11.6. The van der Waals surface area contributed by atoms with E-state index >= 15 is 0 Å². The van der Waals surface area contributed by atoms with E-state index in [1.807, 2.05) is 24.4 Å². The molecular weight excluding hydrogens is 410 g/mol. The molecule has 0 N–H and O–H groups in total. The topological polar surface area (TPSA) is 12.9 Å². The van der Waals surface area contributed by atoms with Crippen LogP contribution in [0.15, 0.2) is 128 Å². The molecule has 0 saturated heterocycles. The second-order valence-corrected chi connectivity index (χ2v) is 8.85. The van der Waals surface area contributed by atoms with Crippen molar-refractivity contribution in [2.45, 2.75) is 0 Å². The zero-order valence-corrected chi connectivity index (χ0v) is 18.6. The molecule has 1 aliphatic carbocycles. The first kappa shape index (κ1) is 19.0. The summed E-state index contributed by atoms with van der Waals surface area (Å²) in [5, 5.41) is 2.67. The SMILES string of the molecule is c1ccc(-c2ccc(-c3cccc(-c4cc5c6c(cccc6c4)-c4ccccc4-5)c3)cc2)nc1. The zero-order chi connectivity index (χ0) is 22.5. The van der Waals surface area contributed by atoms with Gasteiger partial charge in [0.05, 0.1) is 5.69 Å². The number of fused-ring (bicyclic) bond motifs is 3. The van der Waals surface area contributed by atoms with Crippen molar-refractivity contribution in [2.24, 2.45) is 0 Å². The van der Waals surface area contributed by atoms with E-state index in [-0.39, 0.29) is 0 Å². The standard InChI is InChI=1S/C33H21N/c1-2-11-29-28(10-1)30-12-6-9-26-20-27(21-31(29)33(26)30)25-8-5-7-24(19-25)22-14-16-23(17-15-22)32-13-3-4-18-34-32/h1-21H. The van der Waals surface area contributed by atoms with Gasteiger partial charge in [0.15, 0.2) is 0 Å². The van der Waals surface area contributed by atoms with Gasteiger partial charge in [0.1, 0.15) is 0 Å². The molecule has 1 aliphatic rings. The first-order valence-corrected chi connectivity index (χ1v) is 11.6. The highest BCUT2D eigenvalue weighted by Crippen LogP contribution is 2.48. The monoisotopic (exact) mass is 431 g/mol. The minimum atomic E-state index is 0.997. The maximum atomic E-state index is 4.47. The largest absolute Gasteiger partial charge is 0.256 e. The van der Waals surface area contributed by atoms with Crippen LogP contribution in [-0.2, 0) is 0 Å². The second-order valence-electron chi connectivity index (χ2n) is 8.85. The number of nitrogens with zero attached hydrogens (tertiary/aromatic N) is 1. The van der Waals surface area contributed by atoms with E-state index in [0.29, 0.717) is 0 Å². The lowest BCUT2D eigenvalue weighted by Crippen LogP contribution is -1.85. The van der Waals surface area contributed by atoms with Crippen molar-refractivity contribution in [1.29, 1.82) is 0 Å². The van der Waals surface area contributed by atoms with Gasteiger partial charge in [-0.1, -0.05) is 91.0 Å². The van der Waals surface area contributed by atoms with Crippen molar-refractivity contribution in [3.63, 3.8) is 0 Å². The Hall–Kier alpha value is -4.49. The summed E-state index contributed by atoms with van der Waals surface area (Å²) < 4.78 is 0. The van der Waals surface area contributed by atoms with Crippen LogP contribution in [0.3, 0.4) is 0 Å². The summed E-state index contributed by atoms with van der Waals surface area (Å²) >= 11 is 0. The minimum absolute atomic E-state index is 0.997. The smallest absolute Gasteiger partial charge is 0.0701 e. The maximum Gasteiger partial charge on any atom is 0.0701 e. The van der Waals surface area contributed by atoms with Gasteiger partial charge in [-0.2, -0.15) is 0 Å². The quantitative estimate of drug-likeness (QED) is 0.272. The van der Waals surface area contributed by atoms with Gasteiger partial charge in [-0.15, -0.1) is 0 Å². The summed E-state index contributed by atoms with van der Waals surface area (Å²) in [4.78, 5) is 4.47. The van der Waals surface area contributed by atoms with Crippen LogP contribution in [-0.4, -0.2) is 4.98 Å². The second kappa shape index (κ2) is 7.54. The first-order chi connectivity index (χ1) is 16.8. The maximum absolute atomic E-state index is 4.47. The summed E-state index contributed by atoms with van der Waals surface area (Å²) in [7, 11) is 0. The molecule has 0 amide bonds. The van der Waals surface area contributed by atoms with Crippen LogP contribution in [0.1, 0.15) is 0 Å². The average Bonchev–Trinajstić information content (AvgIpc) is 3.24. The number of benzene rings is 5. The molecule has 5 aromatic carbocycles. The third kappa shape index (κ3) is 2.98. The Morgan fingerprint density at radius 2 is 1.06 bits per heavy atom. The van der Waals surface area contributed by atoms with E-state index in [1.54, 1.807) is 0 Å². The van der Waals surface area contributed by atoms with E-state index in [4.69, 9.17) is 0 Å². The van der Waals surface area contributed by atoms with Crippen LogP contribution in [0, 0.1) is 0 Å². The van der Waals surface area contributed by atoms with Gasteiger partial charge in [0, 0.05) is 11.8 Å². The Balaban J connectivity index is 1.32. The predicted molar refractivity (Wildman–Crippen MR) is 142 cm³/mol. The molecule has 1 aromatic heterocycles. The molecule has 0 atom stereocenters. The summed E-state index contributed by atoms with van der Waals surface area (Å²) in [6.45, 7) is 0. The van der Waals surface area contributed by atoms with Gasteiger partial charge in [0.2, 0.25) is 0 Å². The molecule has 0 spiro atoms. The van der Waals surface area contributed by atoms with Crippen molar-refractivity contribution in [3.8, 4) is 55.8 Å². The van der Waals surface area contributed by atoms with Crippen LogP contribution >= 0.6 is 0 Å². The zero-order valence-electron chi connectivity index (χ0n) is 18.6. The van der Waals surface area contributed by atoms with Crippen LogP contribution in [0.5, 0.6) is 0 Å². The van der Waals surface area contributed by atoms with Crippen molar-refractivity contribution >= 4 is 10.8 Å². The summed E-state index contributed by atoms with van der Waals surface area (Å²) in [6, 6.07) is 43.6. The normalized spacial score (nSPS) is 11.5. The molecule has 7 rings (SSSR count). The molecule has 0 fully saturated rings. The van der Waals surface area contributed by atoms with Crippen molar-refractivity contribution < 1.29 is 0 Å². The highest BCUT2D eigenvalue weighted by atomic mass is 14.7. The number of rotatable bonds is 3. The minimum Gasteiger partial charge on any atom is -0.256 e. The number of hydrogen-bond donors (Lipinski definition) is 0. The molecule has 158 valence electrons. The lowest BCUT2D eigenvalue weighted by atomic mass is 9.94. The van der Waals surface area contributed by atoms with Crippen LogP contribution < -0.4 is 0 Å². The fourth-order valence-corrected chi connectivity index (χ4v) is 5.23. The molecule has 0 unspecified atom stereocenters. The highest BCUT2D eigenvalue weighted by molar-refractivity contribution is 6.16. The Bertz CT molecular complexity index is 1680. The molecule has 1 heterocycles. The van der Waals surface area contributed by atoms with Crippen molar-refractivity contribution in [3.05, 3.63) is 128 Å². The van der Waals surface area contributed by atoms with E-state index in [0.717, 1.165) is 11.3 Å². The lowest BCUT2D eigenvalue weighted by molar-refractivity contribution is 1.33. The van der Waals surface area contributed by atoms with Crippen LogP contribution in [0.4, 0.5) is 0 Å². The third-order valence-electron chi connectivity index (χ3n) is 6.86. The van der Waals surface area contributed by atoms with Gasteiger partial charge < -0.3 is 0 Å². The van der Waals surface area contributed by atoms with Gasteiger partial charge in [-0.25, -0.2) is 0 Å². The Morgan fingerprint density at radius 3 is 1.85 bits per heavy atom. The van der Waals surface area contributed by atoms with E-state index in [1.165, 1.54) is 55.3 Å². The van der Waals surface area contributed by atoms with Gasteiger partial charge in [0.25, 0.3) is 0 Å². The van der Waals surface area contributed by atoms with Gasteiger partial charge >= 0.3 is 0 Å². The molecule has 0 radical (unpaired) electrons. The van der Waals surface area contributed by atoms with Crippen molar-refractivity contribution in [2.75, 3.05) is 0 Å². The van der Waals surface area contributed by atoms with Gasteiger partial charge in [-0.3, -0.25) is 4.98 Å². The molecule has 0 bridgehead atoms. The number of aromatic nitrogens is 1. The number of hydrogen-bond acceptors (Lipinski definition) is 1. The molecule has 0 aliphatic heterocycles. The van der Waals surface area contributed by atoms with E-state index < -0.39 is 0 Å². The molecule has 1 nitrogen and oxygen atoms in total. The van der Waals surface area contributed by atoms with Crippen LogP contribution in [0.25, 0.3) is 66.5 Å². The molecule has 0 saturated carbocycles. The van der Waals surface area contributed by atoms with Gasteiger partial charge in [-0.05, 0) is 85.6 Å². The predicted octanol–water partition coefficient (Wildman–Crippen LogP) is 8.88. The summed E-state index contributed by atoms with van der Waals surface area (Å²) in [5.41, 5.74) is 12.4. The average molecular weight is 432 g/mol. The van der Waals surface area contributed by atoms with Crippen LogP contribution in [0.2, 0.25) is 0 Å². The summed E-state index contributed by atoms with van der Waals surface area (Å²) in [5.74, 6) is 0. The van der Waals surface area contributed by atoms with E-state index in [2.05, 4.69) is 108 Å². The molecule has 6 aromatic rings. The Labute approximate surface area is 199 Å². The fourth-order valence-electron chi connectivity index (χ4n) is 5.23. The Kier molecular flexibility index (Phi) is 4.22. The van der Waals surface area contributed by atoms with E-state index in [9.17, 15) is 0 Å². The molecular formula is C33H21N. The summed E-state index contributed by atoms with van der Waals surface area (Å²) in [6.07, 6.45) is 1.84.